The summed E-state index contributed by atoms with van der Waals surface area (Å²) in [5, 5.41) is 1.03. The first-order chi connectivity index (χ1) is 23.3. The molecule has 220 valence electrons. The molecule has 8 aromatic rings. The standard InChI is InChI=1S/C44H28N2O/c1-2-14-29(15-3-1)43-38-22-8-11-23-40(38)45-44(46-43)30-26-27-35-33-18-5-4-16-31(33)32-17-6-7-19-34(32)36-20-9-12-24-41(36)47-42-25-13-10-21-37(42)39(35)28-30/h1-28H. The summed E-state index contributed by atoms with van der Waals surface area (Å²) in [7, 11) is 0. The molecular weight excluding hydrogens is 572 g/mol. The summed E-state index contributed by atoms with van der Waals surface area (Å²) < 4.78 is 6.84. The zero-order chi connectivity index (χ0) is 31.2. The number of rotatable bonds is 2. The summed E-state index contributed by atoms with van der Waals surface area (Å²) in [4.78, 5) is 10.3. The molecule has 0 spiro atoms. The lowest BCUT2D eigenvalue weighted by Crippen LogP contribution is -1.97. The van der Waals surface area contributed by atoms with E-state index in [4.69, 9.17) is 14.7 Å². The summed E-state index contributed by atoms with van der Waals surface area (Å²) in [6.45, 7) is 0. The Labute approximate surface area is 273 Å². The van der Waals surface area contributed by atoms with Gasteiger partial charge < -0.3 is 4.74 Å². The zero-order valence-corrected chi connectivity index (χ0v) is 25.5. The van der Waals surface area contributed by atoms with E-state index in [2.05, 4.69) is 140 Å². The normalized spacial score (nSPS) is 11.6. The van der Waals surface area contributed by atoms with Crippen molar-refractivity contribution >= 4 is 10.9 Å². The van der Waals surface area contributed by atoms with Crippen molar-refractivity contribution in [2.45, 2.75) is 0 Å². The Bertz CT molecular complexity index is 2450. The molecule has 2 heterocycles. The number of ether oxygens (including phenoxy) is 1. The minimum atomic E-state index is 0.682. The van der Waals surface area contributed by atoms with Gasteiger partial charge in [-0.1, -0.05) is 146 Å². The lowest BCUT2D eigenvalue weighted by molar-refractivity contribution is 0.486. The number of aromatic nitrogens is 2. The third-order valence-electron chi connectivity index (χ3n) is 8.94. The van der Waals surface area contributed by atoms with Crippen molar-refractivity contribution in [1.82, 2.24) is 9.97 Å². The van der Waals surface area contributed by atoms with E-state index >= 15 is 0 Å². The van der Waals surface area contributed by atoms with Gasteiger partial charge in [-0.2, -0.15) is 0 Å². The van der Waals surface area contributed by atoms with Gasteiger partial charge in [-0.05, 0) is 57.6 Å². The van der Waals surface area contributed by atoms with Crippen LogP contribution in [-0.4, -0.2) is 9.97 Å². The van der Waals surface area contributed by atoms with E-state index in [1.165, 1.54) is 5.56 Å². The van der Waals surface area contributed by atoms with Gasteiger partial charge in [0.2, 0.25) is 0 Å². The van der Waals surface area contributed by atoms with Gasteiger partial charge >= 0.3 is 0 Å². The van der Waals surface area contributed by atoms with Crippen LogP contribution in [0.15, 0.2) is 170 Å². The van der Waals surface area contributed by atoms with Crippen molar-refractivity contribution in [2.24, 2.45) is 0 Å². The molecule has 0 bridgehead atoms. The number of para-hydroxylation sites is 3. The second-order valence-corrected chi connectivity index (χ2v) is 11.7. The molecule has 9 rings (SSSR count). The third-order valence-corrected chi connectivity index (χ3v) is 8.94. The summed E-state index contributed by atoms with van der Waals surface area (Å²) in [6.07, 6.45) is 0. The molecule has 3 nitrogen and oxygen atoms in total. The van der Waals surface area contributed by atoms with E-state index in [0.717, 1.165) is 78.2 Å². The van der Waals surface area contributed by atoms with Gasteiger partial charge in [-0.25, -0.2) is 9.97 Å². The first-order valence-corrected chi connectivity index (χ1v) is 15.8. The Kier molecular flexibility index (Phi) is 6.46. The molecule has 0 aliphatic carbocycles. The molecule has 7 aromatic carbocycles. The summed E-state index contributed by atoms with van der Waals surface area (Å²) in [5.74, 6) is 2.29. The van der Waals surface area contributed by atoms with Crippen LogP contribution in [0, 0.1) is 0 Å². The van der Waals surface area contributed by atoms with Crippen LogP contribution in [0.1, 0.15) is 0 Å². The quantitative estimate of drug-likeness (QED) is 0.198. The summed E-state index contributed by atoms with van der Waals surface area (Å²) >= 11 is 0. The van der Waals surface area contributed by atoms with Crippen molar-refractivity contribution in [3.63, 3.8) is 0 Å². The fourth-order valence-corrected chi connectivity index (χ4v) is 6.74. The molecule has 1 aliphatic heterocycles. The van der Waals surface area contributed by atoms with Crippen LogP contribution in [0.4, 0.5) is 0 Å². The van der Waals surface area contributed by atoms with Crippen LogP contribution in [0.5, 0.6) is 11.5 Å². The van der Waals surface area contributed by atoms with Gasteiger partial charge in [0.15, 0.2) is 5.82 Å². The lowest BCUT2D eigenvalue weighted by atomic mass is 9.86. The number of hydrogen-bond acceptors (Lipinski definition) is 3. The minimum absolute atomic E-state index is 0.682. The Morgan fingerprint density at radius 3 is 1.49 bits per heavy atom. The van der Waals surface area contributed by atoms with Gasteiger partial charge in [-0.15, -0.1) is 0 Å². The van der Waals surface area contributed by atoms with E-state index in [0.29, 0.717) is 5.82 Å². The maximum Gasteiger partial charge on any atom is 0.160 e. The fourth-order valence-electron chi connectivity index (χ4n) is 6.74. The van der Waals surface area contributed by atoms with Gasteiger partial charge in [0.05, 0.1) is 11.2 Å². The molecule has 47 heavy (non-hydrogen) atoms. The molecule has 0 saturated heterocycles. The average molecular weight is 601 g/mol. The highest BCUT2D eigenvalue weighted by atomic mass is 16.5. The largest absolute Gasteiger partial charge is 0.456 e. The Balaban J connectivity index is 1.34. The van der Waals surface area contributed by atoms with Crippen molar-refractivity contribution < 1.29 is 4.74 Å². The molecule has 0 amide bonds. The molecule has 0 saturated carbocycles. The molecule has 1 aromatic heterocycles. The van der Waals surface area contributed by atoms with Crippen molar-refractivity contribution in [3.05, 3.63) is 170 Å². The maximum absolute atomic E-state index is 6.84. The Morgan fingerprint density at radius 2 is 0.830 bits per heavy atom. The SMILES string of the molecule is c1ccc(-c2nc(-c3ccc4c(c3)-c3ccccc3Oc3ccccc3-c3ccccc3-c3ccccc3-4)nc3ccccc23)cc1. The first-order valence-electron chi connectivity index (χ1n) is 15.8. The van der Waals surface area contributed by atoms with Crippen LogP contribution < -0.4 is 4.74 Å². The maximum atomic E-state index is 6.84. The van der Waals surface area contributed by atoms with Crippen LogP contribution in [-0.2, 0) is 0 Å². The van der Waals surface area contributed by atoms with Gasteiger partial charge in [0, 0.05) is 27.6 Å². The molecule has 3 heteroatoms. The molecule has 1 aliphatic rings. The molecule has 0 atom stereocenters. The second-order valence-electron chi connectivity index (χ2n) is 11.7. The highest BCUT2D eigenvalue weighted by Gasteiger charge is 2.22. The Morgan fingerprint density at radius 1 is 0.340 bits per heavy atom. The highest BCUT2D eigenvalue weighted by molar-refractivity contribution is 5.99. The van der Waals surface area contributed by atoms with E-state index in [1.807, 2.05) is 30.3 Å². The van der Waals surface area contributed by atoms with Crippen LogP contribution >= 0.6 is 0 Å². The van der Waals surface area contributed by atoms with E-state index < -0.39 is 0 Å². The number of hydrogen-bond donors (Lipinski definition) is 0. The van der Waals surface area contributed by atoms with Crippen molar-refractivity contribution in [1.29, 1.82) is 0 Å². The molecule has 0 fully saturated rings. The van der Waals surface area contributed by atoms with Gasteiger partial charge in [0.25, 0.3) is 0 Å². The molecule has 0 N–H and O–H groups in total. The zero-order valence-electron chi connectivity index (χ0n) is 25.5. The smallest absolute Gasteiger partial charge is 0.160 e. The first kappa shape index (κ1) is 27.0. The van der Waals surface area contributed by atoms with E-state index in [1.54, 1.807) is 0 Å². The van der Waals surface area contributed by atoms with Gasteiger partial charge in [-0.3, -0.25) is 0 Å². The van der Waals surface area contributed by atoms with Crippen LogP contribution in [0.25, 0.3) is 78.1 Å². The van der Waals surface area contributed by atoms with Crippen molar-refractivity contribution in [3.8, 4) is 78.7 Å². The van der Waals surface area contributed by atoms with E-state index in [9.17, 15) is 0 Å². The lowest BCUT2D eigenvalue weighted by Gasteiger charge is -2.18. The minimum Gasteiger partial charge on any atom is -0.456 e. The predicted octanol–water partition coefficient (Wildman–Crippen LogP) is 11.7. The summed E-state index contributed by atoms with van der Waals surface area (Å²) in [6, 6.07) is 59.1. The molecule has 0 radical (unpaired) electrons. The summed E-state index contributed by atoms with van der Waals surface area (Å²) in [5.41, 5.74) is 12.7. The van der Waals surface area contributed by atoms with Crippen LogP contribution in [0.3, 0.4) is 0 Å². The number of nitrogens with zero attached hydrogens (tertiary/aromatic N) is 2. The highest BCUT2D eigenvalue weighted by Crippen LogP contribution is 2.48. The second kappa shape index (κ2) is 11.2. The third kappa shape index (κ3) is 4.68. The predicted molar refractivity (Wildman–Crippen MR) is 192 cm³/mol. The van der Waals surface area contributed by atoms with Crippen LogP contribution in [0.2, 0.25) is 0 Å². The Hall–Kier alpha value is -6.32. The number of fused-ring (bicyclic) bond motifs is 10. The molecule has 0 unspecified atom stereocenters. The topological polar surface area (TPSA) is 35.0 Å². The number of benzene rings is 7. The fraction of sp³-hybridized carbons (Fsp3) is 0. The average Bonchev–Trinajstić information content (AvgIpc) is 3.16. The van der Waals surface area contributed by atoms with Crippen molar-refractivity contribution in [2.75, 3.05) is 0 Å². The van der Waals surface area contributed by atoms with E-state index in [-0.39, 0.29) is 0 Å². The van der Waals surface area contributed by atoms with Gasteiger partial charge in [0.1, 0.15) is 11.5 Å². The molecular formula is C44H28N2O. The monoisotopic (exact) mass is 600 g/mol.